The van der Waals surface area contributed by atoms with Gasteiger partial charge in [0.05, 0.1) is 19.3 Å². The first-order valence-corrected chi connectivity index (χ1v) is 6.43. The third-order valence-corrected chi connectivity index (χ3v) is 2.74. The number of ether oxygens (including phenoxy) is 1. The highest BCUT2D eigenvalue weighted by atomic mass is 16.5. The van der Waals surface area contributed by atoms with Crippen molar-refractivity contribution in [2.45, 2.75) is 12.7 Å². The highest BCUT2D eigenvalue weighted by Gasteiger charge is 2.04. The van der Waals surface area contributed by atoms with Crippen molar-refractivity contribution in [3.05, 3.63) is 66.2 Å². The van der Waals surface area contributed by atoms with Crippen molar-refractivity contribution in [1.82, 2.24) is 0 Å². The van der Waals surface area contributed by atoms with Crippen LogP contribution in [0, 0.1) is 0 Å². The van der Waals surface area contributed by atoms with Gasteiger partial charge in [0, 0.05) is 12.2 Å². The molecule has 100 valence electrons. The summed E-state index contributed by atoms with van der Waals surface area (Å²) in [5.74, 6) is 0. The highest BCUT2D eigenvalue weighted by molar-refractivity contribution is 5.42. The zero-order valence-electron chi connectivity index (χ0n) is 10.8. The molecule has 0 aromatic heterocycles. The molecule has 0 saturated heterocycles. The maximum Gasteiger partial charge on any atom is 0.0945 e. The molecule has 2 aromatic rings. The van der Waals surface area contributed by atoms with E-state index in [4.69, 9.17) is 4.74 Å². The van der Waals surface area contributed by atoms with E-state index in [1.807, 2.05) is 60.7 Å². The van der Waals surface area contributed by atoms with Crippen LogP contribution in [0.3, 0.4) is 0 Å². The van der Waals surface area contributed by atoms with E-state index in [-0.39, 0.29) is 0 Å². The number of anilines is 1. The van der Waals surface area contributed by atoms with E-state index >= 15 is 0 Å². The van der Waals surface area contributed by atoms with Crippen LogP contribution in [0.1, 0.15) is 5.56 Å². The lowest BCUT2D eigenvalue weighted by molar-refractivity contribution is 0.0348. The average Bonchev–Trinajstić information content (AvgIpc) is 2.47. The molecule has 0 aliphatic heterocycles. The van der Waals surface area contributed by atoms with Crippen LogP contribution in [0.4, 0.5) is 5.69 Å². The quantitative estimate of drug-likeness (QED) is 0.801. The van der Waals surface area contributed by atoms with Crippen LogP contribution in [-0.4, -0.2) is 24.4 Å². The van der Waals surface area contributed by atoms with Gasteiger partial charge in [-0.05, 0) is 17.7 Å². The first-order valence-electron chi connectivity index (χ1n) is 6.43. The zero-order chi connectivity index (χ0) is 13.3. The van der Waals surface area contributed by atoms with Crippen molar-refractivity contribution >= 4 is 5.69 Å². The molecule has 0 saturated carbocycles. The summed E-state index contributed by atoms with van der Waals surface area (Å²) in [4.78, 5) is 0. The number of rotatable bonds is 7. The van der Waals surface area contributed by atoms with Crippen molar-refractivity contribution in [2.24, 2.45) is 0 Å². The molecule has 2 N–H and O–H groups in total. The van der Waals surface area contributed by atoms with E-state index in [0.717, 1.165) is 11.3 Å². The minimum atomic E-state index is -0.510. The number of benzene rings is 2. The third-order valence-electron chi connectivity index (χ3n) is 2.74. The molecular formula is C16H19NO2. The molecule has 19 heavy (non-hydrogen) atoms. The summed E-state index contributed by atoms with van der Waals surface area (Å²) in [7, 11) is 0. The van der Waals surface area contributed by atoms with Crippen LogP contribution in [0.15, 0.2) is 60.7 Å². The van der Waals surface area contributed by atoms with Gasteiger partial charge >= 0.3 is 0 Å². The van der Waals surface area contributed by atoms with E-state index in [0.29, 0.717) is 19.8 Å². The third kappa shape index (κ3) is 5.12. The number of nitrogens with one attached hydrogen (secondary N) is 1. The Bertz CT molecular complexity index is 459. The van der Waals surface area contributed by atoms with E-state index in [1.54, 1.807) is 0 Å². The van der Waals surface area contributed by atoms with Gasteiger partial charge in [-0.15, -0.1) is 0 Å². The Morgan fingerprint density at radius 2 is 1.58 bits per heavy atom. The molecule has 0 bridgehead atoms. The lowest BCUT2D eigenvalue weighted by atomic mass is 10.2. The normalized spacial score (nSPS) is 12.1. The van der Waals surface area contributed by atoms with Crippen molar-refractivity contribution in [1.29, 1.82) is 0 Å². The first-order chi connectivity index (χ1) is 9.34. The minimum absolute atomic E-state index is 0.328. The summed E-state index contributed by atoms with van der Waals surface area (Å²) in [6, 6.07) is 19.8. The predicted octanol–water partition coefficient (Wildman–Crippen LogP) is 2.68. The molecule has 0 aliphatic rings. The number of hydrogen-bond acceptors (Lipinski definition) is 3. The Morgan fingerprint density at radius 3 is 2.26 bits per heavy atom. The van der Waals surface area contributed by atoms with Crippen LogP contribution in [0.2, 0.25) is 0 Å². The van der Waals surface area contributed by atoms with Crippen LogP contribution >= 0.6 is 0 Å². The maximum atomic E-state index is 9.80. The molecule has 0 spiro atoms. The average molecular weight is 257 g/mol. The summed E-state index contributed by atoms with van der Waals surface area (Å²) in [5.41, 5.74) is 2.12. The molecule has 1 atom stereocenters. The number of aliphatic hydroxyl groups is 1. The molecule has 0 heterocycles. The molecule has 0 radical (unpaired) electrons. The van der Waals surface area contributed by atoms with Gasteiger partial charge in [0.1, 0.15) is 0 Å². The van der Waals surface area contributed by atoms with Gasteiger partial charge < -0.3 is 15.2 Å². The largest absolute Gasteiger partial charge is 0.389 e. The smallest absolute Gasteiger partial charge is 0.0945 e. The van der Waals surface area contributed by atoms with Gasteiger partial charge in [-0.1, -0.05) is 48.5 Å². The van der Waals surface area contributed by atoms with Crippen LogP contribution in [-0.2, 0) is 11.3 Å². The van der Waals surface area contributed by atoms with Crippen molar-refractivity contribution in [2.75, 3.05) is 18.5 Å². The Hall–Kier alpha value is -1.84. The van der Waals surface area contributed by atoms with Gasteiger partial charge in [0.15, 0.2) is 0 Å². The lowest BCUT2D eigenvalue weighted by Gasteiger charge is -2.13. The van der Waals surface area contributed by atoms with E-state index < -0.39 is 6.10 Å². The van der Waals surface area contributed by atoms with E-state index in [1.165, 1.54) is 0 Å². The van der Waals surface area contributed by atoms with Crippen molar-refractivity contribution in [3.63, 3.8) is 0 Å². The van der Waals surface area contributed by atoms with E-state index in [2.05, 4.69) is 5.32 Å². The monoisotopic (exact) mass is 257 g/mol. The number of para-hydroxylation sites is 1. The zero-order valence-corrected chi connectivity index (χ0v) is 10.8. The van der Waals surface area contributed by atoms with Gasteiger partial charge in [0.25, 0.3) is 0 Å². The fourth-order valence-electron chi connectivity index (χ4n) is 1.74. The second-order valence-electron chi connectivity index (χ2n) is 4.40. The molecule has 3 nitrogen and oxygen atoms in total. The fraction of sp³-hybridized carbons (Fsp3) is 0.250. The Morgan fingerprint density at radius 1 is 0.947 bits per heavy atom. The summed E-state index contributed by atoms with van der Waals surface area (Å²) in [6.07, 6.45) is -0.510. The second kappa shape index (κ2) is 7.56. The summed E-state index contributed by atoms with van der Waals surface area (Å²) in [5, 5.41) is 13.0. The molecule has 1 unspecified atom stereocenters. The SMILES string of the molecule is OC(CNc1ccccc1)COCc1ccccc1. The van der Waals surface area contributed by atoms with Crippen LogP contribution in [0.25, 0.3) is 0 Å². The van der Waals surface area contributed by atoms with Crippen molar-refractivity contribution < 1.29 is 9.84 Å². The Kier molecular flexibility index (Phi) is 5.41. The second-order valence-corrected chi connectivity index (χ2v) is 4.40. The number of hydrogen-bond donors (Lipinski definition) is 2. The molecule has 0 aliphatic carbocycles. The summed E-state index contributed by atoms with van der Waals surface area (Å²) in [6.45, 7) is 1.34. The number of aliphatic hydroxyl groups excluding tert-OH is 1. The molecule has 3 heteroatoms. The first kappa shape index (κ1) is 13.6. The van der Waals surface area contributed by atoms with Crippen molar-refractivity contribution in [3.8, 4) is 0 Å². The maximum absolute atomic E-state index is 9.80. The summed E-state index contributed by atoms with van der Waals surface area (Å²) < 4.78 is 5.48. The lowest BCUT2D eigenvalue weighted by Crippen LogP contribution is -2.24. The highest BCUT2D eigenvalue weighted by Crippen LogP contribution is 2.05. The fourth-order valence-corrected chi connectivity index (χ4v) is 1.74. The van der Waals surface area contributed by atoms with Gasteiger partial charge in [-0.25, -0.2) is 0 Å². The molecule has 2 rings (SSSR count). The Balaban J connectivity index is 1.64. The van der Waals surface area contributed by atoms with Crippen LogP contribution < -0.4 is 5.32 Å². The van der Waals surface area contributed by atoms with Gasteiger partial charge in [0.2, 0.25) is 0 Å². The Labute approximate surface area is 113 Å². The van der Waals surface area contributed by atoms with E-state index in [9.17, 15) is 5.11 Å². The predicted molar refractivity (Wildman–Crippen MR) is 77.0 cm³/mol. The summed E-state index contributed by atoms with van der Waals surface area (Å²) >= 11 is 0. The topological polar surface area (TPSA) is 41.5 Å². The molecular weight excluding hydrogens is 238 g/mol. The van der Waals surface area contributed by atoms with Crippen LogP contribution in [0.5, 0.6) is 0 Å². The molecule has 0 fully saturated rings. The molecule has 0 amide bonds. The molecule has 2 aromatic carbocycles. The standard InChI is InChI=1S/C16H19NO2/c18-16(11-17-15-9-5-2-6-10-15)13-19-12-14-7-3-1-4-8-14/h1-10,16-18H,11-13H2. The minimum Gasteiger partial charge on any atom is -0.389 e. The van der Waals surface area contributed by atoms with Gasteiger partial charge in [-0.3, -0.25) is 0 Å². The van der Waals surface area contributed by atoms with Gasteiger partial charge in [-0.2, -0.15) is 0 Å².